The van der Waals surface area contributed by atoms with Gasteiger partial charge >= 0.3 is 18.3 Å². The largest absolute Gasteiger partial charge is 0.449 e. The molecule has 0 saturated carbocycles. The van der Waals surface area contributed by atoms with Crippen molar-refractivity contribution in [1.29, 1.82) is 0 Å². The highest BCUT2D eigenvalue weighted by molar-refractivity contribution is 6.74. The van der Waals surface area contributed by atoms with E-state index in [1.807, 2.05) is 127 Å². The van der Waals surface area contributed by atoms with Gasteiger partial charge in [-0.3, -0.25) is 4.79 Å². The van der Waals surface area contributed by atoms with Crippen LogP contribution in [-0.2, 0) is 19.5 Å². The molecule has 12 nitrogen and oxygen atoms in total. The maximum Gasteiger partial charge on any atom is 0.423 e. The molecule has 0 bridgehead atoms. The predicted octanol–water partition coefficient (Wildman–Crippen LogP) is 10.1. The third-order valence-corrected chi connectivity index (χ3v) is 17.3. The summed E-state index contributed by atoms with van der Waals surface area (Å²) in [6.07, 6.45) is -1.20. The molecule has 64 heavy (non-hydrogen) atoms. The zero-order valence-corrected chi connectivity index (χ0v) is 38.0. The number of rotatable bonds is 14. The highest BCUT2D eigenvalue weighted by Gasteiger charge is 2.42. The van der Waals surface area contributed by atoms with Crippen LogP contribution in [0.15, 0.2) is 144 Å². The SMILES string of the molecule is CC(C)(C)[Si](C)(C)O[C@H]1CCN(C(=O)Oc2nnc([C@H](CCC(=O)NC(c3ccccc3)(c3ccccc3)c3ccccc3)NC(=O)OCC3c4ccccc4-c4ccccc43)o2)C1. The zero-order valence-electron chi connectivity index (χ0n) is 37.0. The van der Waals surface area contributed by atoms with Crippen LogP contribution in [0.4, 0.5) is 9.59 Å². The first-order chi connectivity index (χ1) is 30.8. The van der Waals surface area contributed by atoms with Gasteiger partial charge in [-0.1, -0.05) is 165 Å². The van der Waals surface area contributed by atoms with Crippen molar-refractivity contribution in [1.82, 2.24) is 25.7 Å². The van der Waals surface area contributed by atoms with Crippen LogP contribution in [-0.4, -0.2) is 67.3 Å². The van der Waals surface area contributed by atoms with E-state index >= 15 is 0 Å². The van der Waals surface area contributed by atoms with Crippen LogP contribution in [0.3, 0.4) is 0 Å². The minimum atomic E-state index is -2.05. The Balaban J connectivity index is 1.01. The number of amides is 3. The van der Waals surface area contributed by atoms with Gasteiger partial charge in [0.2, 0.25) is 11.8 Å². The van der Waals surface area contributed by atoms with E-state index in [2.05, 4.69) is 66.8 Å². The number of aromatic nitrogens is 2. The number of fused-ring (bicyclic) bond motifs is 3. The van der Waals surface area contributed by atoms with Crippen LogP contribution in [0.2, 0.25) is 18.1 Å². The number of carbonyl (C=O) groups excluding carboxylic acids is 3. The Morgan fingerprint density at radius 3 is 1.84 bits per heavy atom. The summed E-state index contributed by atoms with van der Waals surface area (Å²) in [5.41, 5.74) is 5.91. The Morgan fingerprint density at radius 2 is 1.30 bits per heavy atom. The van der Waals surface area contributed by atoms with Crippen molar-refractivity contribution in [2.75, 3.05) is 19.7 Å². The second kappa shape index (κ2) is 18.6. The minimum Gasteiger partial charge on any atom is -0.449 e. The molecule has 0 unspecified atom stereocenters. The molecular weight excluding hydrogens is 823 g/mol. The van der Waals surface area contributed by atoms with Gasteiger partial charge in [-0.15, -0.1) is 5.10 Å². The van der Waals surface area contributed by atoms with E-state index in [0.717, 1.165) is 38.9 Å². The number of hydrogen-bond acceptors (Lipinski definition) is 9. The lowest BCUT2D eigenvalue weighted by Crippen LogP contribution is -2.48. The monoisotopic (exact) mass is 877 g/mol. The molecular formula is C51H55N5O7Si. The van der Waals surface area contributed by atoms with Crippen LogP contribution < -0.4 is 15.4 Å². The molecule has 1 aliphatic carbocycles. The van der Waals surface area contributed by atoms with Crippen LogP contribution in [0.1, 0.15) is 85.7 Å². The Bertz CT molecular complexity index is 2420. The third-order valence-electron chi connectivity index (χ3n) is 12.8. The molecule has 2 N–H and O–H groups in total. The summed E-state index contributed by atoms with van der Waals surface area (Å²) >= 11 is 0. The molecule has 330 valence electrons. The lowest BCUT2D eigenvalue weighted by Gasteiger charge is -2.38. The second-order valence-electron chi connectivity index (χ2n) is 18.0. The van der Waals surface area contributed by atoms with Gasteiger partial charge in [0.15, 0.2) is 8.32 Å². The van der Waals surface area contributed by atoms with Gasteiger partial charge in [0.05, 0.1) is 6.10 Å². The lowest BCUT2D eigenvalue weighted by atomic mass is 9.77. The predicted molar refractivity (Wildman–Crippen MR) is 246 cm³/mol. The summed E-state index contributed by atoms with van der Waals surface area (Å²) < 4.78 is 24.0. The fraction of sp³-hybridized carbons (Fsp3) is 0.314. The van der Waals surface area contributed by atoms with E-state index in [9.17, 15) is 14.4 Å². The van der Waals surface area contributed by atoms with Gasteiger partial charge in [-0.2, -0.15) is 0 Å². The second-order valence-corrected chi connectivity index (χ2v) is 22.7. The molecule has 3 amide bonds. The fourth-order valence-electron chi connectivity index (χ4n) is 8.49. The van der Waals surface area contributed by atoms with Crippen molar-refractivity contribution in [3.63, 3.8) is 0 Å². The van der Waals surface area contributed by atoms with Gasteiger partial charge in [0, 0.05) is 25.4 Å². The maximum absolute atomic E-state index is 14.4. The highest BCUT2D eigenvalue weighted by Crippen LogP contribution is 2.45. The van der Waals surface area contributed by atoms with Crippen molar-refractivity contribution in [3.05, 3.63) is 173 Å². The summed E-state index contributed by atoms with van der Waals surface area (Å²) in [6, 6.07) is 44.7. The molecule has 1 aliphatic heterocycles. The Hall–Kier alpha value is -6.57. The number of nitrogens with zero attached hydrogens (tertiary/aromatic N) is 3. The van der Waals surface area contributed by atoms with E-state index < -0.39 is 32.1 Å². The minimum absolute atomic E-state index is 0.0287. The Kier molecular flexibility index (Phi) is 12.8. The first-order valence-corrected chi connectivity index (χ1v) is 24.8. The van der Waals surface area contributed by atoms with Gasteiger partial charge in [-0.05, 0) is 69.9 Å². The molecule has 1 saturated heterocycles. The van der Waals surface area contributed by atoms with Gasteiger partial charge in [0.25, 0.3) is 0 Å². The lowest BCUT2D eigenvalue weighted by molar-refractivity contribution is -0.122. The van der Waals surface area contributed by atoms with E-state index in [0.29, 0.717) is 19.5 Å². The van der Waals surface area contributed by atoms with Gasteiger partial charge < -0.3 is 33.9 Å². The average Bonchev–Trinajstić information content (AvgIpc) is 4.05. The third kappa shape index (κ3) is 9.36. The van der Waals surface area contributed by atoms with Crippen molar-refractivity contribution >= 4 is 26.4 Å². The Labute approximate surface area is 375 Å². The van der Waals surface area contributed by atoms with Crippen LogP contribution in [0.5, 0.6) is 6.08 Å². The van der Waals surface area contributed by atoms with E-state index in [-0.39, 0.29) is 54.4 Å². The molecule has 6 aromatic rings. The molecule has 8 rings (SSSR count). The molecule has 2 atom stereocenters. The summed E-state index contributed by atoms with van der Waals surface area (Å²) in [5, 5.41) is 14.5. The quantitative estimate of drug-likeness (QED) is 0.0807. The molecule has 13 heteroatoms. The molecule has 0 spiro atoms. The first kappa shape index (κ1) is 44.1. The smallest absolute Gasteiger partial charge is 0.423 e. The summed E-state index contributed by atoms with van der Waals surface area (Å²) in [6.45, 7) is 11.8. The normalized spacial score (nSPS) is 15.5. The first-order valence-electron chi connectivity index (χ1n) is 21.9. The maximum atomic E-state index is 14.4. The summed E-state index contributed by atoms with van der Waals surface area (Å²) in [4.78, 5) is 43.1. The Morgan fingerprint density at radius 1 is 0.766 bits per heavy atom. The number of likely N-dealkylation sites (tertiary alicyclic amines) is 1. The van der Waals surface area contributed by atoms with Crippen molar-refractivity contribution in [3.8, 4) is 17.2 Å². The van der Waals surface area contributed by atoms with Crippen LogP contribution in [0.25, 0.3) is 11.1 Å². The molecule has 2 aliphatic rings. The molecule has 0 radical (unpaired) electrons. The molecule has 1 fully saturated rings. The van der Waals surface area contributed by atoms with E-state index in [1.54, 1.807) is 4.90 Å². The van der Waals surface area contributed by atoms with E-state index in [1.165, 1.54) is 0 Å². The molecule has 5 aromatic carbocycles. The van der Waals surface area contributed by atoms with E-state index in [4.69, 9.17) is 18.3 Å². The molecule has 1 aromatic heterocycles. The average molecular weight is 878 g/mol. The number of benzene rings is 5. The number of hydrogen-bond donors (Lipinski definition) is 2. The fourth-order valence-corrected chi connectivity index (χ4v) is 9.87. The van der Waals surface area contributed by atoms with Crippen LogP contribution in [0, 0.1) is 0 Å². The summed E-state index contributed by atoms with van der Waals surface area (Å²) in [7, 11) is -2.05. The topological polar surface area (TPSA) is 145 Å². The van der Waals surface area contributed by atoms with Gasteiger partial charge in [-0.25, -0.2) is 9.59 Å². The van der Waals surface area contributed by atoms with Crippen molar-refractivity contribution in [2.24, 2.45) is 0 Å². The standard InChI is InChI=1S/C51H55N5O7Si/c1-50(2,3)64(4,5)63-38-31-32-56(33-38)49(59)62-48-55-54-46(61-48)44(52-47(58)60-34-43-41-27-17-15-25-39(41)40-26-16-18-28-42(40)43)29-30-45(57)53-51(35-19-9-6-10-20-35,36-21-11-7-12-22-36)37-23-13-8-14-24-37/h6-28,38,43-44H,29-34H2,1-5H3,(H,52,58)(H,53,57)/t38-,44-/m0/s1. The number of nitrogens with one attached hydrogen (secondary N) is 2. The number of carbonyl (C=O) groups is 3. The molecule has 2 heterocycles. The zero-order chi connectivity index (χ0) is 44.9. The van der Waals surface area contributed by atoms with Crippen molar-refractivity contribution < 1.29 is 32.7 Å². The summed E-state index contributed by atoms with van der Waals surface area (Å²) in [5.74, 6) is -0.521. The number of alkyl carbamates (subject to hydrolysis) is 1. The number of ether oxygens (including phenoxy) is 2. The van der Waals surface area contributed by atoms with Gasteiger partial charge in [0.1, 0.15) is 18.2 Å². The van der Waals surface area contributed by atoms with Crippen LogP contribution >= 0.6 is 0 Å². The highest BCUT2D eigenvalue weighted by atomic mass is 28.4. The van der Waals surface area contributed by atoms with Crippen molar-refractivity contribution in [2.45, 2.75) is 81.8 Å².